The van der Waals surface area contributed by atoms with E-state index >= 15 is 0 Å². The van der Waals surface area contributed by atoms with Crippen LogP contribution in [0.25, 0.3) is 6.08 Å². The molecule has 1 N–H and O–H groups in total. The van der Waals surface area contributed by atoms with Gasteiger partial charge in [0.1, 0.15) is 5.02 Å². The molecule has 0 aliphatic heterocycles. The summed E-state index contributed by atoms with van der Waals surface area (Å²) >= 11 is 5.69. The Morgan fingerprint density at radius 1 is 1.15 bits per heavy atom. The van der Waals surface area contributed by atoms with Crippen molar-refractivity contribution < 1.29 is 24.5 Å². The number of ether oxygens (including phenoxy) is 1. The van der Waals surface area contributed by atoms with Crippen molar-refractivity contribution in [2.45, 2.75) is 0 Å². The zero-order valence-corrected chi connectivity index (χ0v) is 14.0. The van der Waals surface area contributed by atoms with Crippen LogP contribution in [0.1, 0.15) is 15.9 Å². The molecule has 2 aromatic carbocycles. The highest BCUT2D eigenvalue weighted by atomic mass is 35.5. The molecule has 2 rings (SSSR count). The number of benzene rings is 2. The van der Waals surface area contributed by atoms with Crippen LogP contribution in [-0.4, -0.2) is 27.8 Å². The number of aromatic hydroxyl groups is 1. The second-order valence-corrected chi connectivity index (χ2v) is 5.38. The lowest BCUT2D eigenvalue weighted by Gasteiger charge is -2.05. The Morgan fingerprint density at radius 2 is 1.81 bits per heavy atom. The van der Waals surface area contributed by atoms with E-state index in [0.29, 0.717) is 0 Å². The number of carbonyl (C=O) groups is 1. The van der Waals surface area contributed by atoms with E-state index in [1.807, 2.05) is 0 Å². The van der Waals surface area contributed by atoms with E-state index in [1.54, 1.807) is 0 Å². The van der Waals surface area contributed by atoms with Gasteiger partial charge in [0.25, 0.3) is 5.69 Å². The fourth-order valence-corrected chi connectivity index (χ4v) is 2.27. The molecule has 0 saturated heterocycles. The Labute approximate surface area is 151 Å². The molecule has 0 amide bonds. The first-order valence-corrected chi connectivity index (χ1v) is 7.34. The molecule has 9 nitrogen and oxygen atoms in total. The first-order valence-electron chi connectivity index (χ1n) is 6.96. The van der Waals surface area contributed by atoms with Gasteiger partial charge in [0, 0.05) is 17.7 Å². The minimum atomic E-state index is -0.792. The fraction of sp³-hybridized carbons (Fsp3) is 0.0625. The molecule has 0 saturated carbocycles. The van der Waals surface area contributed by atoms with Gasteiger partial charge in [0.05, 0.1) is 17.0 Å². The van der Waals surface area contributed by atoms with Gasteiger partial charge in [-0.25, -0.2) is 0 Å². The third kappa shape index (κ3) is 3.95. The number of phenols is 1. The van der Waals surface area contributed by atoms with Gasteiger partial charge in [-0.2, -0.15) is 0 Å². The minimum Gasteiger partial charge on any atom is -0.500 e. The number of carbonyl (C=O) groups excluding carboxylic acids is 1. The number of allylic oxidation sites excluding steroid dienone is 1. The number of nitro groups is 2. The number of hydrogen-bond acceptors (Lipinski definition) is 7. The van der Waals surface area contributed by atoms with Crippen molar-refractivity contribution in [2.75, 3.05) is 7.11 Å². The molecule has 26 heavy (non-hydrogen) atoms. The maximum absolute atomic E-state index is 12.2. The molecule has 134 valence electrons. The van der Waals surface area contributed by atoms with Crippen LogP contribution in [0.2, 0.25) is 5.02 Å². The van der Waals surface area contributed by atoms with Gasteiger partial charge in [-0.1, -0.05) is 17.7 Å². The Balaban J connectivity index is 2.36. The van der Waals surface area contributed by atoms with Crippen molar-refractivity contribution in [3.63, 3.8) is 0 Å². The van der Waals surface area contributed by atoms with E-state index in [4.69, 9.17) is 16.3 Å². The molecular formula is C16H11ClN2O7. The van der Waals surface area contributed by atoms with E-state index in [9.17, 15) is 30.1 Å². The molecule has 10 heteroatoms. The number of halogens is 1. The summed E-state index contributed by atoms with van der Waals surface area (Å²) in [6.07, 6.45) is 2.35. The van der Waals surface area contributed by atoms with Crippen LogP contribution in [0, 0.1) is 20.2 Å². The number of phenolic OH excluding ortho intramolecular Hbond substituents is 1. The van der Waals surface area contributed by atoms with E-state index < -0.39 is 32.8 Å². The van der Waals surface area contributed by atoms with Gasteiger partial charge in [-0.05, 0) is 29.8 Å². The smallest absolute Gasteiger partial charge is 0.315 e. The summed E-state index contributed by atoms with van der Waals surface area (Å²) in [6.45, 7) is 0. The van der Waals surface area contributed by atoms with Crippen LogP contribution in [0.3, 0.4) is 0 Å². The predicted molar refractivity (Wildman–Crippen MR) is 92.8 cm³/mol. The van der Waals surface area contributed by atoms with Crippen LogP contribution >= 0.6 is 11.6 Å². The monoisotopic (exact) mass is 378 g/mol. The molecule has 0 aliphatic carbocycles. The zero-order chi connectivity index (χ0) is 19.4. The summed E-state index contributed by atoms with van der Waals surface area (Å²) in [5.74, 6) is -1.33. The second-order valence-electron chi connectivity index (χ2n) is 4.97. The van der Waals surface area contributed by atoms with E-state index in [2.05, 4.69) is 0 Å². The standard InChI is InChI=1S/C16H11ClN2O7/c1-26-15-7-9(6-13(16(15)21)19(24)25)2-5-14(20)10-3-4-11(17)12(8-10)18(22)23/h2-8,21H,1H3/b5-2+. The van der Waals surface area contributed by atoms with Gasteiger partial charge in [0.2, 0.25) is 5.75 Å². The zero-order valence-electron chi connectivity index (χ0n) is 13.2. The van der Waals surface area contributed by atoms with Crippen molar-refractivity contribution in [2.24, 2.45) is 0 Å². The maximum Gasteiger partial charge on any atom is 0.315 e. The summed E-state index contributed by atoms with van der Waals surface area (Å²) in [5.41, 5.74) is -0.743. The number of nitrogens with zero attached hydrogens (tertiary/aromatic N) is 2. The number of ketones is 1. The van der Waals surface area contributed by atoms with Crippen molar-refractivity contribution >= 4 is 34.8 Å². The normalized spacial score (nSPS) is 10.7. The summed E-state index contributed by atoms with van der Waals surface area (Å²) < 4.78 is 4.86. The van der Waals surface area contributed by atoms with Gasteiger partial charge in [-0.15, -0.1) is 0 Å². The topological polar surface area (TPSA) is 133 Å². The largest absolute Gasteiger partial charge is 0.500 e. The molecule has 0 atom stereocenters. The van der Waals surface area contributed by atoms with Gasteiger partial charge in [-0.3, -0.25) is 25.0 Å². The Morgan fingerprint density at radius 3 is 2.38 bits per heavy atom. The maximum atomic E-state index is 12.2. The van der Waals surface area contributed by atoms with Gasteiger partial charge >= 0.3 is 5.69 Å². The highest BCUT2D eigenvalue weighted by Crippen LogP contribution is 2.37. The average molecular weight is 379 g/mol. The molecular weight excluding hydrogens is 368 g/mol. The molecule has 0 radical (unpaired) electrons. The van der Waals surface area contributed by atoms with E-state index in [1.165, 1.54) is 31.4 Å². The van der Waals surface area contributed by atoms with Crippen molar-refractivity contribution in [1.29, 1.82) is 0 Å². The summed E-state index contributed by atoms with van der Waals surface area (Å²) in [4.78, 5) is 32.5. The molecule has 0 bridgehead atoms. The Bertz CT molecular complexity index is 940. The van der Waals surface area contributed by atoms with Crippen LogP contribution in [-0.2, 0) is 0 Å². The van der Waals surface area contributed by atoms with Crippen LogP contribution in [0.4, 0.5) is 11.4 Å². The lowest BCUT2D eigenvalue weighted by Crippen LogP contribution is -1.97. The lowest BCUT2D eigenvalue weighted by atomic mass is 10.1. The second kappa shape index (κ2) is 7.62. The van der Waals surface area contributed by atoms with Gasteiger partial charge < -0.3 is 9.84 Å². The Hall–Kier alpha value is -3.46. The summed E-state index contributed by atoms with van der Waals surface area (Å²) in [5, 5.41) is 31.4. The highest BCUT2D eigenvalue weighted by molar-refractivity contribution is 6.32. The lowest BCUT2D eigenvalue weighted by molar-refractivity contribution is -0.386. The SMILES string of the molecule is COc1cc(/C=C/C(=O)c2ccc(Cl)c([N+](=O)[O-])c2)cc([N+](=O)[O-])c1O. The molecule has 0 aromatic heterocycles. The van der Waals surface area contributed by atoms with Gasteiger partial charge in [0.15, 0.2) is 11.5 Å². The molecule has 0 aliphatic rings. The summed E-state index contributed by atoms with van der Waals surface area (Å²) in [7, 11) is 1.23. The third-order valence-corrected chi connectivity index (χ3v) is 3.67. The molecule has 2 aromatic rings. The molecule has 0 unspecified atom stereocenters. The quantitative estimate of drug-likeness (QED) is 0.350. The fourth-order valence-electron chi connectivity index (χ4n) is 2.08. The van der Waals surface area contributed by atoms with Crippen molar-refractivity contribution in [3.05, 3.63) is 72.8 Å². The highest BCUT2D eigenvalue weighted by Gasteiger charge is 2.19. The van der Waals surface area contributed by atoms with E-state index in [-0.39, 0.29) is 21.9 Å². The third-order valence-electron chi connectivity index (χ3n) is 3.35. The first-order chi connectivity index (χ1) is 12.2. The minimum absolute atomic E-state index is 0.0255. The van der Waals surface area contributed by atoms with Crippen LogP contribution < -0.4 is 4.74 Å². The molecule has 0 fully saturated rings. The first kappa shape index (κ1) is 18.9. The van der Waals surface area contributed by atoms with E-state index in [0.717, 1.165) is 18.2 Å². The van der Waals surface area contributed by atoms with Crippen molar-refractivity contribution in [1.82, 2.24) is 0 Å². The Kier molecular flexibility index (Phi) is 5.53. The van der Waals surface area contributed by atoms with Crippen LogP contribution in [0.15, 0.2) is 36.4 Å². The number of hydrogen-bond donors (Lipinski definition) is 1. The number of nitro benzene ring substituents is 2. The average Bonchev–Trinajstić information content (AvgIpc) is 2.60. The molecule has 0 heterocycles. The predicted octanol–water partition coefficient (Wildman–Crippen LogP) is 3.77. The van der Waals surface area contributed by atoms with Crippen molar-refractivity contribution in [3.8, 4) is 11.5 Å². The summed E-state index contributed by atoms with van der Waals surface area (Å²) in [6, 6.07) is 5.95. The number of rotatable bonds is 6. The number of methoxy groups -OCH3 is 1. The molecule has 0 spiro atoms. The van der Waals surface area contributed by atoms with Crippen LogP contribution in [0.5, 0.6) is 11.5 Å².